The molecule has 0 saturated carbocycles. The van der Waals surface area contributed by atoms with Crippen LogP contribution in [0.1, 0.15) is 0 Å². The van der Waals surface area contributed by atoms with Gasteiger partial charge in [0.25, 0.3) is 5.95 Å². The van der Waals surface area contributed by atoms with E-state index in [2.05, 4.69) is 10.8 Å². The molecule has 0 aliphatic carbocycles. The molecule has 0 saturated heterocycles. The second-order valence-electron chi connectivity index (χ2n) is 1.06. The zero-order valence-corrected chi connectivity index (χ0v) is 3.97. The van der Waals surface area contributed by atoms with E-state index in [0.717, 1.165) is 0 Å². The van der Waals surface area contributed by atoms with E-state index in [1.54, 1.807) is 6.07 Å². The second-order valence-corrected chi connectivity index (χ2v) is 1.06. The lowest BCUT2D eigenvalue weighted by Gasteiger charge is -1.85. The molecule has 0 aromatic carbocycles. The smallest absolute Gasteiger partial charge is 0.292 e. The molecule has 0 spiro atoms. The third-order valence-corrected chi connectivity index (χ3v) is 0.630. The molecule has 0 fully saturated rings. The van der Waals surface area contributed by atoms with Crippen LogP contribution in [0.15, 0.2) is 16.7 Å². The van der Waals surface area contributed by atoms with Gasteiger partial charge in [0, 0.05) is 0 Å². The molecule has 1 heterocycles. The lowest BCUT2D eigenvalue weighted by atomic mass is 10.7. The summed E-state index contributed by atoms with van der Waals surface area (Å²) in [5.41, 5.74) is 0. The van der Waals surface area contributed by atoms with E-state index in [1.165, 1.54) is 13.4 Å². The fourth-order valence-electron chi connectivity index (χ4n) is 0.339. The Morgan fingerprint density at radius 3 is 3.00 bits per heavy atom. The normalized spacial score (nSPS) is 8.71. The molecule has 0 amide bonds. The van der Waals surface area contributed by atoms with E-state index in [0.29, 0.717) is 5.95 Å². The van der Waals surface area contributed by atoms with Gasteiger partial charge in [-0.3, -0.25) is 0 Å². The molecular weight excluding hydrogens is 92.1 g/mol. The summed E-state index contributed by atoms with van der Waals surface area (Å²) in [6, 6.07) is 4.35. The van der Waals surface area contributed by atoms with Crippen LogP contribution < -0.4 is 4.74 Å². The summed E-state index contributed by atoms with van der Waals surface area (Å²) >= 11 is 0. The van der Waals surface area contributed by atoms with Crippen LogP contribution in [0.2, 0.25) is 0 Å². The van der Waals surface area contributed by atoms with Gasteiger partial charge in [-0.15, -0.1) is 0 Å². The van der Waals surface area contributed by atoms with Crippen LogP contribution in [0.3, 0.4) is 0 Å². The maximum absolute atomic E-state index is 4.70. The van der Waals surface area contributed by atoms with E-state index in [-0.39, 0.29) is 0 Å². The summed E-state index contributed by atoms with van der Waals surface area (Å²) in [7, 11) is 1.54. The molecular formula is C5H5O2. The predicted molar refractivity (Wildman–Crippen MR) is 24.1 cm³/mol. The predicted octanol–water partition coefficient (Wildman–Crippen LogP) is 1.09. The summed E-state index contributed by atoms with van der Waals surface area (Å²) < 4.78 is 9.34. The molecule has 2 nitrogen and oxygen atoms in total. The lowest BCUT2D eigenvalue weighted by Crippen LogP contribution is -1.75. The molecule has 1 aromatic rings. The zero-order valence-electron chi connectivity index (χ0n) is 3.97. The van der Waals surface area contributed by atoms with Crippen molar-refractivity contribution >= 4 is 0 Å². The Labute approximate surface area is 41.7 Å². The topological polar surface area (TPSA) is 22.4 Å². The molecule has 0 unspecified atom stereocenters. The highest BCUT2D eigenvalue weighted by atomic mass is 16.6. The van der Waals surface area contributed by atoms with Crippen molar-refractivity contribution < 1.29 is 9.15 Å². The van der Waals surface area contributed by atoms with Crippen LogP contribution in [0.25, 0.3) is 0 Å². The molecule has 0 aliphatic rings. The highest BCUT2D eigenvalue weighted by molar-refractivity contribution is 5.00. The molecule has 0 atom stereocenters. The van der Waals surface area contributed by atoms with E-state index in [9.17, 15) is 0 Å². The maximum Gasteiger partial charge on any atom is 0.292 e. The van der Waals surface area contributed by atoms with E-state index < -0.39 is 0 Å². The molecule has 1 rings (SSSR count). The standard InChI is InChI=1S/C5H5O2/c1-6-5-3-2-4-7-5/h2,4H,1H3. The largest absolute Gasteiger partial charge is 0.468 e. The van der Waals surface area contributed by atoms with Gasteiger partial charge in [0.2, 0.25) is 0 Å². The Morgan fingerprint density at radius 1 is 1.86 bits per heavy atom. The number of hydrogen-bond acceptors (Lipinski definition) is 2. The molecule has 0 aliphatic heterocycles. The van der Waals surface area contributed by atoms with Gasteiger partial charge in [0.1, 0.15) is 0 Å². The van der Waals surface area contributed by atoms with Crippen molar-refractivity contribution in [2.24, 2.45) is 0 Å². The van der Waals surface area contributed by atoms with Crippen LogP contribution in [-0.4, -0.2) is 7.11 Å². The summed E-state index contributed by atoms with van der Waals surface area (Å²) in [6.45, 7) is 0. The van der Waals surface area contributed by atoms with Gasteiger partial charge in [-0.05, 0) is 6.07 Å². The van der Waals surface area contributed by atoms with Crippen molar-refractivity contribution in [3.8, 4) is 5.95 Å². The van der Waals surface area contributed by atoms with E-state index >= 15 is 0 Å². The minimum Gasteiger partial charge on any atom is -0.468 e. The number of hydrogen-bond donors (Lipinski definition) is 0. The first-order chi connectivity index (χ1) is 3.43. The number of methoxy groups -OCH3 is 1. The van der Waals surface area contributed by atoms with E-state index in [4.69, 9.17) is 4.42 Å². The minimum atomic E-state index is 0.431. The first-order valence-corrected chi connectivity index (χ1v) is 1.92. The first kappa shape index (κ1) is 4.24. The minimum absolute atomic E-state index is 0.431. The summed E-state index contributed by atoms with van der Waals surface area (Å²) in [5.74, 6) is 0.431. The first-order valence-electron chi connectivity index (χ1n) is 1.92. The zero-order chi connectivity index (χ0) is 5.11. The summed E-state index contributed by atoms with van der Waals surface area (Å²) in [4.78, 5) is 0. The molecule has 0 bridgehead atoms. The van der Waals surface area contributed by atoms with Gasteiger partial charge in [0.15, 0.2) is 0 Å². The van der Waals surface area contributed by atoms with Crippen LogP contribution in [0.4, 0.5) is 0 Å². The fourth-order valence-corrected chi connectivity index (χ4v) is 0.339. The Hall–Kier alpha value is -0.920. The van der Waals surface area contributed by atoms with Gasteiger partial charge in [-0.25, -0.2) is 0 Å². The highest BCUT2D eigenvalue weighted by Crippen LogP contribution is 2.05. The average molecular weight is 97.1 g/mol. The Morgan fingerprint density at radius 2 is 2.71 bits per heavy atom. The fraction of sp³-hybridized carbons (Fsp3) is 0.200. The van der Waals surface area contributed by atoms with Gasteiger partial charge in [-0.2, -0.15) is 0 Å². The molecule has 2 heteroatoms. The highest BCUT2D eigenvalue weighted by Gasteiger charge is 1.86. The quantitative estimate of drug-likeness (QED) is 0.523. The maximum atomic E-state index is 4.70. The third-order valence-electron chi connectivity index (χ3n) is 0.630. The Balaban J connectivity index is 2.76. The molecule has 0 N–H and O–H groups in total. The molecule has 1 aromatic heterocycles. The van der Waals surface area contributed by atoms with Crippen LogP contribution in [0, 0.1) is 6.07 Å². The van der Waals surface area contributed by atoms with Crippen LogP contribution in [-0.2, 0) is 0 Å². The van der Waals surface area contributed by atoms with Gasteiger partial charge in [0.05, 0.1) is 19.4 Å². The lowest BCUT2D eigenvalue weighted by molar-refractivity contribution is 0.304. The van der Waals surface area contributed by atoms with Crippen molar-refractivity contribution in [1.29, 1.82) is 0 Å². The van der Waals surface area contributed by atoms with Crippen LogP contribution >= 0.6 is 0 Å². The average Bonchev–Trinajstić information content (AvgIpc) is 2.14. The SMILES string of the molecule is COc1[c]cco1. The number of rotatable bonds is 1. The molecule has 7 heavy (non-hydrogen) atoms. The van der Waals surface area contributed by atoms with Gasteiger partial charge in [-0.1, -0.05) is 0 Å². The number of furan rings is 1. The monoisotopic (exact) mass is 97.0 g/mol. The van der Waals surface area contributed by atoms with Crippen molar-refractivity contribution in [2.75, 3.05) is 7.11 Å². The number of ether oxygens (including phenoxy) is 1. The van der Waals surface area contributed by atoms with Gasteiger partial charge >= 0.3 is 0 Å². The van der Waals surface area contributed by atoms with Crippen LogP contribution in [0.5, 0.6) is 5.95 Å². The van der Waals surface area contributed by atoms with E-state index in [1.807, 2.05) is 0 Å². The van der Waals surface area contributed by atoms with Crippen molar-refractivity contribution in [1.82, 2.24) is 0 Å². The second kappa shape index (κ2) is 1.69. The van der Waals surface area contributed by atoms with Gasteiger partial charge < -0.3 is 9.15 Å². The molecule has 1 radical (unpaired) electrons. The van der Waals surface area contributed by atoms with Crippen molar-refractivity contribution in [2.45, 2.75) is 0 Å². The Bertz CT molecular complexity index is 121. The van der Waals surface area contributed by atoms with Crippen molar-refractivity contribution in [3.63, 3.8) is 0 Å². The summed E-state index contributed by atoms with van der Waals surface area (Å²) in [5, 5.41) is 0. The summed E-state index contributed by atoms with van der Waals surface area (Å²) in [6.07, 6.45) is 1.51. The Kier molecular flexibility index (Phi) is 1.02. The van der Waals surface area contributed by atoms with Crippen molar-refractivity contribution in [3.05, 3.63) is 18.4 Å². The molecule has 37 valence electrons. The third kappa shape index (κ3) is 0.738.